The summed E-state index contributed by atoms with van der Waals surface area (Å²) >= 11 is 3.92. The van der Waals surface area contributed by atoms with E-state index >= 15 is 0 Å². The lowest BCUT2D eigenvalue weighted by Gasteiger charge is -2.10. The first kappa shape index (κ1) is 12.0. The highest BCUT2D eigenvalue weighted by Gasteiger charge is 2.31. The molecule has 0 aliphatic carbocycles. The summed E-state index contributed by atoms with van der Waals surface area (Å²) in [5.74, 6) is 0.253. The van der Waals surface area contributed by atoms with Crippen LogP contribution in [0.3, 0.4) is 0 Å². The topological polar surface area (TPSA) is 9.23 Å². The van der Waals surface area contributed by atoms with Crippen LogP contribution in [0.25, 0.3) is 6.08 Å². The molecule has 0 bridgehead atoms. The van der Waals surface area contributed by atoms with E-state index in [0.717, 1.165) is 0 Å². The summed E-state index contributed by atoms with van der Waals surface area (Å²) in [4.78, 5) is 0. The molecule has 0 atom stereocenters. The monoisotopic (exact) mass is 234 g/mol. The van der Waals surface area contributed by atoms with E-state index in [4.69, 9.17) is 0 Å². The molecule has 1 aromatic rings. The molecule has 1 rings (SSSR count). The van der Waals surface area contributed by atoms with Crippen molar-refractivity contribution in [3.05, 3.63) is 35.9 Å². The number of thiol groups is 1. The molecule has 0 saturated heterocycles. The van der Waals surface area contributed by atoms with Crippen LogP contribution in [-0.2, 0) is 0 Å². The third-order valence-corrected chi connectivity index (χ3v) is 1.76. The van der Waals surface area contributed by atoms with E-state index in [-0.39, 0.29) is 5.75 Å². The highest BCUT2D eigenvalue weighted by atomic mass is 32.1. The Hall–Kier alpha value is -1.10. The SMILES string of the molecule is FC(F)(F)Oc1ccccc1C=CCS. The fraction of sp³-hybridized carbons (Fsp3) is 0.200. The number of hydrogen-bond acceptors (Lipinski definition) is 2. The number of halogens is 3. The van der Waals surface area contributed by atoms with Gasteiger partial charge >= 0.3 is 6.36 Å². The summed E-state index contributed by atoms with van der Waals surface area (Å²) in [5.41, 5.74) is 0.379. The van der Waals surface area contributed by atoms with Gasteiger partial charge in [-0.05, 0) is 6.07 Å². The Morgan fingerprint density at radius 3 is 2.53 bits per heavy atom. The van der Waals surface area contributed by atoms with Crippen LogP contribution in [0, 0.1) is 0 Å². The number of ether oxygens (including phenoxy) is 1. The summed E-state index contributed by atoms with van der Waals surface area (Å²) in [6, 6.07) is 5.94. The Morgan fingerprint density at radius 1 is 1.27 bits per heavy atom. The molecule has 0 amide bonds. The second kappa shape index (κ2) is 5.11. The van der Waals surface area contributed by atoms with Gasteiger partial charge in [0.2, 0.25) is 0 Å². The van der Waals surface area contributed by atoms with Gasteiger partial charge in [0.1, 0.15) is 5.75 Å². The van der Waals surface area contributed by atoms with Gasteiger partial charge in [-0.3, -0.25) is 0 Å². The zero-order chi connectivity index (χ0) is 11.3. The quantitative estimate of drug-likeness (QED) is 0.787. The molecule has 0 saturated carbocycles. The van der Waals surface area contributed by atoms with Crippen molar-refractivity contribution in [2.75, 3.05) is 5.75 Å². The van der Waals surface area contributed by atoms with Crippen molar-refractivity contribution < 1.29 is 17.9 Å². The lowest BCUT2D eigenvalue weighted by atomic mass is 10.2. The molecular weight excluding hydrogens is 225 g/mol. The van der Waals surface area contributed by atoms with Crippen molar-refractivity contribution in [2.45, 2.75) is 6.36 Å². The second-order valence-corrected chi connectivity index (χ2v) is 3.04. The Balaban J connectivity index is 2.91. The van der Waals surface area contributed by atoms with Crippen LogP contribution in [0.2, 0.25) is 0 Å². The molecule has 82 valence electrons. The molecule has 0 aromatic heterocycles. The van der Waals surface area contributed by atoms with Crippen LogP contribution in [0.15, 0.2) is 30.3 Å². The first-order chi connectivity index (χ1) is 7.03. The van der Waals surface area contributed by atoms with Gasteiger partial charge in [-0.1, -0.05) is 30.4 Å². The minimum Gasteiger partial charge on any atom is -0.405 e. The maximum absolute atomic E-state index is 12.0. The summed E-state index contributed by atoms with van der Waals surface area (Å²) < 4.78 is 39.8. The Kier molecular flexibility index (Phi) is 4.08. The lowest BCUT2D eigenvalue weighted by Crippen LogP contribution is -2.17. The van der Waals surface area contributed by atoms with E-state index < -0.39 is 6.36 Å². The van der Waals surface area contributed by atoms with Gasteiger partial charge in [0.15, 0.2) is 0 Å². The highest BCUT2D eigenvalue weighted by molar-refractivity contribution is 7.80. The van der Waals surface area contributed by atoms with Gasteiger partial charge in [0, 0.05) is 11.3 Å². The van der Waals surface area contributed by atoms with Crippen molar-refractivity contribution in [1.82, 2.24) is 0 Å². The zero-order valence-corrected chi connectivity index (χ0v) is 8.55. The molecule has 5 heteroatoms. The molecule has 0 aliphatic heterocycles. The molecule has 0 N–H and O–H groups in total. The Bertz CT molecular complexity index is 347. The third-order valence-electron chi connectivity index (χ3n) is 1.55. The second-order valence-electron chi connectivity index (χ2n) is 2.67. The predicted octanol–water partition coefficient (Wildman–Crippen LogP) is 3.53. The van der Waals surface area contributed by atoms with E-state index in [9.17, 15) is 13.2 Å². The molecule has 0 heterocycles. The van der Waals surface area contributed by atoms with E-state index in [2.05, 4.69) is 17.4 Å². The molecule has 0 aliphatic rings. The molecule has 1 aromatic carbocycles. The Labute approximate surface area is 91.0 Å². The zero-order valence-electron chi connectivity index (χ0n) is 7.66. The van der Waals surface area contributed by atoms with Gasteiger partial charge in [-0.2, -0.15) is 12.6 Å². The predicted molar refractivity (Wildman–Crippen MR) is 56.0 cm³/mol. The third kappa shape index (κ3) is 4.29. The molecular formula is C10H9F3OS. The Morgan fingerprint density at radius 2 is 1.93 bits per heavy atom. The summed E-state index contributed by atoms with van der Waals surface area (Å²) in [7, 11) is 0. The van der Waals surface area contributed by atoms with Gasteiger partial charge in [-0.25, -0.2) is 0 Å². The van der Waals surface area contributed by atoms with Gasteiger partial charge in [-0.15, -0.1) is 13.2 Å². The van der Waals surface area contributed by atoms with Crippen molar-refractivity contribution in [1.29, 1.82) is 0 Å². The van der Waals surface area contributed by atoms with Crippen molar-refractivity contribution in [3.8, 4) is 5.75 Å². The summed E-state index contributed by atoms with van der Waals surface area (Å²) in [6.07, 6.45) is -1.49. The standard InChI is InChI=1S/C10H9F3OS/c11-10(12,13)14-9-6-2-1-4-8(9)5-3-7-15/h1-6,15H,7H2. The molecule has 0 radical (unpaired) electrons. The average molecular weight is 234 g/mol. The summed E-state index contributed by atoms with van der Waals surface area (Å²) in [5, 5.41) is 0. The number of rotatable bonds is 3. The average Bonchev–Trinajstić information content (AvgIpc) is 2.14. The largest absolute Gasteiger partial charge is 0.573 e. The maximum atomic E-state index is 12.0. The highest BCUT2D eigenvalue weighted by Crippen LogP contribution is 2.26. The normalized spacial score (nSPS) is 12.0. The fourth-order valence-electron chi connectivity index (χ4n) is 1.02. The minimum absolute atomic E-state index is 0.206. The minimum atomic E-state index is -4.66. The van der Waals surface area contributed by atoms with E-state index in [1.165, 1.54) is 18.2 Å². The van der Waals surface area contributed by atoms with Crippen LogP contribution < -0.4 is 4.74 Å². The van der Waals surface area contributed by atoms with Crippen molar-refractivity contribution >= 4 is 18.7 Å². The number of hydrogen-bond donors (Lipinski definition) is 1. The smallest absolute Gasteiger partial charge is 0.405 e. The molecule has 15 heavy (non-hydrogen) atoms. The van der Waals surface area contributed by atoms with Crippen LogP contribution >= 0.6 is 12.6 Å². The summed E-state index contributed by atoms with van der Waals surface area (Å²) in [6.45, 7) is 0. The first-order valence-corrected chi connectivity index (χ1v) is 4.78. The van der Waals surface area contributed by atoms with Crippen LogP contribution in [0.1, 0.15) is 5.56 Å². The van der Waals surface area contributed by atoms with Crippen molar-refractivity contribution in [2.24, 2.45) is 0 Å². The van der Waals surface area contributed by atoms with Crippen LogP contribution in [0.4, 0.5) is 13.2 Å². The maximum Gasteiger partial charge on any atom is 0.573 e. The van der Waals surface area contributed by atoms with Gasteiger partial charge in [0.25, 0.3) is 0 Å². The van der Waals surface area contributed by atoms with Crippen LogP contribution in [-0.4, -0.2) is 12.1 Å². The first-order valence-electron chi connectivity index (χ1n) is 4.15. The number of para-hydroxylation sites is 1. The molecule has 0 fully saturated rings. The fourth-order valence-corrected chi connectivity index (χ4v) is 1.12. The lowest BCUT2D eigenvalue weighted by molar-refractivity contribution is -0.274. The number of benzene rings is 1. The van der Waals surface area contributed by atoms with Crippen LogP contribution in [0.5, 0.6) is 5.75 Å². The molecule has 0 unspecified atom stereocenters. The van der Waals surface area contributed by atoms with E-state index in [1.807, 2.05) is 0 Å². The molecule has 0 spiro atoms. The van der Waals surface area contributed by atoms with Crippen molar-refractivity contribution in [3.63, 3.8) is 0 Å². The van der Waals surface area contributed by atoms with E-state index in [0.29, 0.717) is 11.3 Å². The van der Waals surface area contributed by atoms with Gasteiger partial charge < -0.3 is 4.74 Å². The molecule has 1 nitrogen and oxygen atoms in total. The number of alkyl halides is 3. The van der Waals surface area contributed by atoms with E-state index in [1.54, 1.807) is 18.2 Å². The van der Waals surface area contributed by atoms with Gasteiger partial charge in [0.05, 0.1) is 0 Å².